The largest absolute Gasteiger partial charge is 0.491 e. The van der Waals surface area contributed by atoms with Gasteiger partial charge in [-0.2, -0.15) is 4.98 Å². The minimum Gasteiger partial charge on any atom is -0.491 e. The van der Waals surface area contributed by atoms with Crippen LogP contribution in [0.15, 0.2) is 67.4 Å². The second-order valence-electron chi connectivity index (χ2n) is 9.59. The number of ether oxygens (including phenoxy) is 3. The van der Waals surface area contributed by atoms with Gasteiger partial charge in [-0.05, 0) is 75.7 Å². The number of amides is 1. The molecule has 212 valence electrons. The van der Waals surface area contributed by atoms with Gasteiger partial charge in [0, 0.05) is 30.1 Å². The van der Waals surface area contributed by atoms with Crippen molar-refractivity contribution in [2.75, 3.05) is 35.8 Å². The van der Waals surface area contributed by atoms with Gasteiger partial charge in [0.05, 0.1) is 12.8 Å². The summed E-state index contributed by atoms with van der Waals surface area (Å²) in [5.74, 6) is -0.422. The molecule has 11 heteroatoms. The van der Waals surface area contributed by atoms with E-state index < -0.39 is 11.4 Å². The Labute approximate surface area is 233 Å². The SMILES string of the molecule is C=CC(=O)Nc1cccc(Nc2nc(Nc3ccc(OCCOCCCC(=O)OC(C)(C)C)cc3)ncc2F)c1. The van der Waals surface area contributed by atoms with E-state index in [0.717, 1.165) is 12.3 Å². The van der Waals surface area contributed by atoms with Crippen LogP contribution < -0.4 is 20.7 Å². The van der Waals surface area contributed by atoms with Crippen LogP contribution in [0.4, 0.5) is 33.2 Å². The third-order valence-corrected chi connectivity index (χ3v) is 5.02. The number of carbonyl (C=O) groups excluding carboxylic acids is 2. The van der Waals surface area contributed by atoms with E-state index in [1.165, 1.54) is 0 Å². The summed E-state index contributed by atoms with van der Waals surface area (Å²) in [6.07, 6.45) is 3.11. The zero-order valence-corrected chi connectivity index (χ0v) is 22.8. The highest BCUT2D eigenvalue weighted by Gasteiger charge is 2.15. The average Bonchev–Trinajstić information content (AvgIpc) is 2.90. The highest BCUT2D eigenvalue weighted by atomic mass is 19.1. The molecule has 1 heterocycles. The van der Waals surface area contributed by atoms with Crippen molar-refractivity contribution >= 4 is 40.7 Å². The van der Waals surface area contributed by atoms with Crippen molar-refractivity contribution in [3.8, 4) is 5.75 Å². The highest BCUT2D eigenvalue weighted by Crippen LogP contribution is 2.23. The number of hydrogen-bond acceptors (Lipinski definition) is 9. The lowest BCUT2D eigenvalue weighted by atomic mass is 10.2. The topological polar surface area (TPSA) is 124 Å². The number of aromatic nitrogens is 2. The zero-order chi connectivity index (χ0) is 29.0. The molecule has 1 aromatic heterocycles. The van der Waals surface area contributed by atoms with Crippen LogP contribution in [0.1, 0.15) is 33.6 Å². The van der Waals surface area contributed by atoms with Crippen molar-refractivity contribution in [1.82, 2.24) is 9.97 Å². The number of anilines is 5. The number of benzene rings is 2. The number of esters is 1. The monoisotopic (exact) mass is 551 g/mol. The molecule has 1 amide bonds. The van der Waals surface area contributed by atoms with Crippen LogP contribution in [-0.4, -0.2) is 47.3 Å². The first-order chi connectivity index (χ1) is 19.1. The highest BCUT2D eigenvalue weighted by molar-refractivity contribution is 5.99. The normalized spacial score (nSPS) is 10.9. The number of rotatable bonds is 14. The van der Waals surface area contributed by atoms with Crippen LogP contribution in [0.25, 0.3) is 0 Å². The Morgan fingerprint density at radius 1 is 1.00 bits per heavy atom. The minimum absolute atomic E-state index is 0.0317. The van der Waals surface area contributed by atoms with Gasteiger partial charge in [-0.15, -0.1) is 0 Å². The number of halogens is 1. The van der Waals surface area contributed by atoms with Gasteiger partial charge in [-0.3, -0.25) is 9.59 Å². The molecule has 0 fully saturated rings. The van der Waals surface area contributed by atoms with Gasteiger partial charge < -0.3 is 30.2 Å². The fourth-order valence-corrected chi connectivity index (χ4v) is 3.31. The zero-order valence-electron chi connectivity index (χ0n) is 22.8. The van der Waals surface area contributed by atoms with Crippen LogP contribution in [0.2, 0.25) is 0 Å². The summed E-state index contributed by atoms with van der Waals surface area (Å²) in [6, 6.07) is 13.9. The number of nitrogens with one attached hydrogen (secondary N) is 3. The van der Waals surface area contributed by atoms with E-state index in [1.807, 2.05) is 20.8 Å². The Bertz CT molecular complexity index is 1290. The van der Waals surface area contributed by atoms with Gasteiger partial charge in [-0.25, -0.2) is 9.37 Å². The van der Waals surface area contributed by atoms with Crippen molar-refractivity contribution in [3.63, 3.8) is 0 Å². The summed E-state index contributed by atoms with van der Waals surface area (Å²) < 4.78 is 30.8. The molecule has 2 aromatic carbocycles. The maximum absolute atomic E-state index is 14.4. The first kappa shape index (κ1) is 30.0. The lowest BCUT2D eigenvalue weighted by Crippen LogP contribution is -2.23. The van der Waals surface area contributed by atoms with Crippen LogP contribution >= 0.6 is 0 Å². The van der Waals surface area contributed by atoms with Crippen LogP contribution in [0.3, 0.4) is 0 Å². The van der Waals surface area contributed by atoms with Crippen molar-refractivity contribution < 1.29 is 28.2 Å². The number of hydrogen-bond donors (Lipinski definition) is 3. The number of nitrogens with zero attached hydrogens (tertiary/aromatic N) is 2. The molecule has 0 unspecified atom stereocenters. The maximum Gasteiger partial charge on any atom is 0.306 e. The first-order valence-electron chi connectivity index (χ1n) is 12.7. The Kier molecular flexibility index (Phi) is 11.0. The van der Waals surface area contributed by atoms with Gasteiger partial charge in [0.2, 0.25) is 11.9 Å². The van der Waals surface area contributed by atoms with E-state index >= 15 is 0 Å². The van der Waals surface area contributed by atoms with E-state index in [-0.39, 0.29) is 23.6 Å². The second kappa shape index (κ2) is 14.6. The van der Waals surface area contributed by atoms with Crippen LogP contribution in [0, 0.1) is 5.82 Å². The fourth-order valence-electron chi connectivity index (χ4n) is 3.31. The molecule has 0 radical (unpaired) electrons. The molecule has 0 bridgehead atoms. The molecule has 0 atom stereocenters. The molecule has 3 aromatic rings. The van der Waals surface area contributed by atoms with Crippen molar-refractivity contribution in [2.45, 2.75) is 39.2 Å². The van der Waals surface area contributed by atoms with Gasteiger partial charge >= 0.3 is 5.97 Å². The fraction of sp³-hybridized carbons (Fsp3) is 0.310. The molecule has 0 saturated heterocycles. The molecular formula is C29H34FN5O5. The maximum atomic E-state index is 14.4. The van der Waals surface area contributed by atoms with Gasteiger partial charge in [-0.1, -0.05) is 12.6 Å². The summed E-state index contributed by atoms with van der Waals surface area (Å²) in [7, 11) is 0. The Hall–Kier alpha value is -4.51. The molecule has 0 saturated carbocycles. The predicted octanol–water partition coefficient (Wildman–Crippen LogP) is 5.74. The predicted molar refractivity (Wildman–Crippen MR) is 152 cm³/mol. The third kappa shape index (κ3) is 10.7. The van der Waals surface area contributed by atoms with E-state index in [0.29, 0.717) is 55.5 Å². The molecule has 3 rings (SSSR count). The molecule has 0 aliphatic rings. The van der Waals surface area contributed by atoms with E-state index in [4.69, 9.17) is 14.2 Å². The molecule has 3 N–H and O–H groups in total. The van der Waals surface area contributed by atoms with E-state index in [1.54, 1.807) is 48.5 Å². The third-order valence-electron chi connectivity index (χ3n) is 5.02. The Balaban J connectivity index is 1.44. The molecule has 10 nitrogen and oxygen atoms in total. The van der Waals surface area contributed by atoms with Crippen molar-refractivity contribution in [2.24, 2.45) is 0 Å². The summed E-state index contributed by atoms with van der Waals surface area (Å²) >= 11 is 0. The molecule has 0 aliphatic heterocycles. The van der Waals surface area contributed by atoms with Gasteiger partial charge in [0.25, 0.3) is 0 Å². The van der Waals surface area contributed by atoms with E-state index in [2.05, 4.69) is 32.5 Å². The second-order valence-corrected chi connectivity index (χ2v) is 9.59. The quantitative estimate of drug-likeness (QED) is 0.131. The Morgan fingerprint density at radius 3 is 2.48 bits per heavy atom. The molecular weight excluding hydrogens is 517 g/mol. The standard InChI is InChI=1S/C29H34FN5O5/c1-5-25(36)32-21-8-6-9-22(18-21)33-27-24(30)19-31-28(35-27)34-20-11-13-23(14-12-20)39-17-16-38-15-7-10-26(37)40-29(2,3)4/h5-6,8-9,11-14,18-19H,1,7,10,15-17H2,2-4H3,(H,32,36)(H2,31,33,34,35). The van der Waals surface area contributed by atoms with Crippen molar-refractivity contribution in [3.05, 3.63) is 73.2 Å². The van der Waals surface area contributed by atoms with E-state index in [9.17, 15) is 14.0 Å². The summed E-state index contributed by atoms with van der Waals surface area (Å²) in [4.78, 5) is 31.4. The van der Waals surface area contributed by atoms with Crippen LogP contribution in [-0.2, 0) is 19.1 Å². The van der Waals surface area contributed by atoms with Gasteiger partial charge in [0.15, 0.2) is 11.6 Å². The summed E-state index contributed by atoms with van der Waals surface area (Å²) in [5.41, 5.74) is 1.25. The average molecular weight is 552 g/mol. The van der Waals surface area contributed by atoms with Gasteiger partial charge in [0.1, 0.15) is 18.0 Å². The number of carbonyl (C=O) groups is 2. The molecule has 0 aliphatic carbocycles. The summed E-state index contributed by atoms with van der Waals surface area (Å²) in [6.45, 7) is 10.1. The first-order valence-corrected chi connectivity index (χ1v) is 12.7. The lowest BCUT2D eigenvalue weighted by molar-refractivity contribution is -0.155. The van der Waals surface area contributed by atoms with Crippen LogP contribution in [0.5, 0.6) is 5.75 Å². The minimum atomic E-state index is -0.637. The van der Waals surface area contributed by atoms with Crippen molar-refractivity contribution in [1.29, 1.82) is 0 Å². The summed E-state index contributed by atoms with van der Waals surface area (Å²) in [5, 5.41) is 8.57. The molecule has 40 heavy (non-hydrogen) atoms. The molecule has 0 spiro atoms. The lowest BCUT2D eigenvalue weighted by Gasteiger charge is -2.19. The Morgan fingerprint density at radius 2 is 1.75 bits per heavy atom. The smallest absolute Gasteiger partial charge is 0.306 e.